The number of anilines is 1. The van der Waals surface area contributed by atoms with E-state index in [1.54, 1.807) is 22.6 Å². The fraction of sp³-hybridized carbons (Fsp3) is 0.138. The zero-order chi connectivity index (χ0) is 26.4. The maximum atomic E-state index is 14.0. The van der Waals surface area contributed by atoms with Crippen LogP contribution in [0.2, 0.25) is 0 Å². The van der Waals surface area contributed by atoms with Gasteiger partial charge in [0.2, 0.25) is 0 Å². The first-order valence-electron chi connectivity index (χ1n) is 12.1. The van der Waals surface area contributed by atoms with Crippen molar-refractivity contribution in [2.75, 3.05) is 12.8 Å². The first-order valence-corrected chi connectivity index (χ1v) is 12.1. The summed E-state index contributed by atoms with van der Waals surface area (Å²) >= 11 is 0. The molecule has 4 aromatic heterocycles. The van der Waals surface area contributed by atoms with E-state index >= 15 is 0 Å². The van der Waals surface area contributed by atoms with Crippen LogP contribution in [-0.2, 0) is 6.54 Å². The van der Waals surface area contributed by atoms with Gasteiger partial charge in [-0.05, 0) is 54.6 Å². The number of hydrogen-bond donors (Lipinski definition) is 1. The fourth-order valence-electron chi connectivity index (χ4n) is 4.92. The molecular weight excluding hydrogens is 478 g/mol. The van der Waals surface area contributed by atoms with Crippen molar-refractivity contribution in [3.63, 3.8) is 0 Å². The minimum Gasteiger partial charge on any atom is -0.497 e. The second kappa shape index (κ2) is 9.11. The van der Waals surface area contributed by atoms with Gasteiger partial charge in [-0.3, -0.25) is 9.36 Å². The molecule has 0 bridgehead atoms. The van der Waals surface area contributed by atoms with Crippen molar-refractivity contribution in [2.24, 2.45) is 0 Å². The van der Waals surface area contributed by atoms with Crippen molar-refractivity contribution in [1.82, 2.24) is 29.3 Å². The van der Waals surface area contributed by atoms with Crippen LogP contribution in [0, 0.1) is 13.8 Å². The van der Waals surface area contributed by atoms with E-state index < -0.39 is 0 Å². The lowest BCUT2D eigenvalue weighted by Gasteiger charge is -2.16. The number of methoxy groups -OCH3 is 1. The molecule has 0 aliphatic rings. The van der Waals surface area contributed by atoms with E-state index in [1.807, 2.05) is 74.5 Å². The topological polar surface area (TPSA) is 114 Å². The van der Waals surface area contributed by atoms with E-state index in [0.717, 1.165) is 22.1 Å². The van der Waals surface area contributed by atoms with Gasteiger partial charge in [-0.1, -0.05) is 36.4 Å². The van der Waals surface area contributed by atoms with Crippen LogP contribution in [0.3, 0.4) is 0 Å². The number of nitrogens with two attached hydrogens (primary N) is 1. The molecular formula is C29H25N7O2. The highest BCUT2D eigenvalue weighted by atomic mass is 16.5. The van der Waals surface area contributed by atoms with Gasteiger partial charge in [-0.15, -0.1) is 0 Å². The maximum absolute atomic E-state index is 14.0. The third kappa shape index (κ3) is 3.76. The molecule has 0 aliphatic carbocycles. The highest BCUT2D eigenvalue weighted by Gasteiger charge is 2.21. The van der Waals surface area contributed by atoms with Crippen molar-refractivity contribution < 1.29 is 4.74 Å². The lowest BCUT2D eigenvalue weighted by atomic mass is 10.1. The zero-order valence-electron chi connectivity index (χ0n) is 21.2. The van der Waals surface area contributed by atoms with E-state index in [2.05, 4.69) is 15.0 Å². The summed E-state index contributed by atoms with van der Waals surface area (Å²) in [7, 11) is 1.62. The fourth-order valence-corrected chi connectivity index (χ4v) is 4.92. The Hall–Kier alpha value is -5.05. The van der Waals surface area contributed by atoms with Crippen molar-refractivity contribution >= 4 is 27.6 Å². The van der Waals surface area contributed by atoms with Crippen molar-refractivity contribution in [1.29, 1.82) is 0 Å². The molecule has 0 saturated carbocycles. The molecule has 0 saturated heterocycles. The van der Waals surface area contributed by atoms with E-state index in [0.29, 0.717) is 45.2 Å². The summed E-state index contributed by atoms with van der Waals surface area (Å²) in [6.07, 6.45) is 3.11. The Bertz CT molecular complexity index is 1910. The lowest BCUT2D eigenvalue weighted by molar-refractivity contribution is 0.415. The molecule has 6 aromatic rings. The van der Waals surface area contributed by atoms with Gasteiger partial charge >= 0.3 is 0 Å². The van der Waals surface area contributed by atoms with Gasteiger partial charge < -0.3 is 10.5 Å². The van der Waals surface area contributed by atoms with Crippen LogP contribution in [0.5, 0.6) is 5.75 Å². The number of ether oxygens (including phenoxy) is 1. The molecule has 0 fully saturated rings. The number of fused-ring (bicyclic) bond motifs is 2. The summed E-state index contributed by atoms with van der Waals surface area (Å²) in [6.45, 7) is 4.14. The summed E-state index contributed by atoms with van der Waals surface area (Å²) in [5.41, 5.74) is 10.7. The number of hydrogen-bond acceptors (Lipinski definition) is 7. The Labute approximate surface area is 218 Å². The molecule has 0 atom stereocenters. The molecule has 2 N–H and O–H groups in total. The summed E-state index contributed by atoms with van der Waals surface area (Å²) in [5, 5.41) is 7.07. The van der Waals surface area contributed by atoms with Crippen LogP contribution in [0.1, 0.15) is 16.8 Å². The van der Waals surface area contributed by atoms with Gasteiger partial charge in [-0.25, -0.2) is 19.6 Å². The molecule has 9 nitrogen and oxygen atoms in total. The first-order chi connectivity index (χ1) is 18.5. The zero-order valence-corrected chi connectivity index (χ0v) is 21.2. The highest BCUT2D eigenvalue weighted by molar-refractivity contribution is 5.98. The summed E-state index contributed by atoms with van der Waals surface area (Å²) < 4.78 is 8.85. The molecule has 0 amide bonds. The van der Waals surface area contributed by atoms with Crippen LogP contribution in [0.15, 0.2) is 78.0 Å². The van der Waals surface area contributed by atoms with Crippen molar-refractivity contribution in [2.45, 2.75) is 20.4 Å². The number of nitrogens with zero attached hydrogens (tertiary/aromatic N) is 6. The monoisotopic (exact) mass is 503 g/mol. The Kier molecular flexibility index (Phi) is 5.60. The molecule has 2 aromatic carbocycles. The van der Waals surface area contributed by atoms with Gasteiger partial charge in [0.05, 0.1) is 30.1 Å². The van der Waals surface area contributed by atoms with Crippen LogP contribution in [-0.4, -0.2) is 36.4 Å². The largest absolute Gasteiger partial charge is 0.497 e. The second-order valence-corrected chi connectivity index (χ2v) is 9.16. The van der Waals surface area contributed by atoms with Crippen LogP contribution >= 0.6 is 0 Å². The normalized spacial score (nSPS) is 11.3. The van der Waals surface area contributed by atoms with Crippen LogP contribution in [0.4, 0.5) is 5.82 Å². The standard InChI is InChI=1S/C29H25N7O2/c1-17-7-4-9-19-13-21(36(29(37)23(17)19)27-18(2)8-6-12-31-27)15-35-28-24(26(30)32-16-33-28)25(34-35)20-10-5-11-22(14-20)38-3/h4-14,16H,15H2,1-3H3,(H2,30,32,33). The predicted molar refractivity (Wildman–Crippen MR) is 148 cm³/mol. The molecule has 6 rings (SSSR count). The minimum absolute atomic E-state index is 0.129. The summed E-state index contributed by atoms with van der Waals surface area (Å²) in [4.78, 5) is 27.3. The molecule has 0 spiro atoms. The second-order valence-electron chi connectivity index (χ2n) is 9.16. The molecule has 0 aliphatic heterocycles. The molecule has 9 heteroatoms. The smallest absolute Gasteiger partial charge is 0.264 e. The van der Waals surface area contributed by atoms with Gasteiger partial charge in [0.15, 0.2) is 5.65 Å². The highest BCUT2D eigenvalue weighted by Crippen LogP contribution is 2.32. The number of aromatic nitrogens is 6. The van der Waals surface area contributed by atoms with E-state index in [1.165, 1.54) is 6.33 Å². The molecule has 0 radical (unpaired) electrons. The summed E-state index contributed by atoms with van der Waals surface area (Å²) in [5.74, 6) is 1.60. The quantitative estimate of drug-likeness (QED) is 0.370. The van der Waals surface area contributed by atoms with Gasteiger partial charge in [0, 0.05) is 11.8 Å². The Morgan fingerprint density at radius 2 is 1.74 bits per heavy atom. The predicted octanol–water partition coefficient (Wildman–Crippen LogP) is 4.45. The number of aryl methyl sites for hydroxylation is 2. The Morgan fingerprint density at radius 1 is 0.921 bits per heavy atom. The average molecular weight is 504 g/mol. The van der Waals surface area contributed by atoms with Crippen LogP contribution in [0.25, 0.3) is 38.9 Å². The van der Waals surface area contributed by atoms with E-state index in [9.17, 15) is 4.79 Å². The van der Waals surface area contributed by atoms with Crippen molar-refractivity contribution in [3.05, 3.63) is 100 Å². The third-order valence-corrected chi connectivity index (χ3v) is 6.74. The first kappa shape index (κ1) is 23.4. The molecule has 4 heterocycles. The van der Waals surface area contributed by atoms with Gasteiger partial charge in [-0.2, -0.15) is 5.10 Å². The number of rotatable bonds is 5. The minimum atomic E-state index is -0.129. The Balaban J connectivity index is 1.62. The maximum Gasteiger partial charge on any atom is 0.264 e. The molecule has 188 valence electrons. The van der Waals surface area contributed by atoms with Crippen molar-refractivity contribution in [3.8, 4) is 22.8 Å². The lowest BCUT2D eigenvalue weighted by Crippen LogP contribution is -2.25. The number of nitrogen functional groups attached to an aromatic ring is 1. The van der Waals surface area contributed by atoms with Gasteiger partial charge in [0.1, 0.15) is 29.4 Å². The third-order valence-electron chi connectivity index (χ3n) is 6.74. The summed E-state index contributed by atoms with van der Waals surface area (Å²) in [6, 6.07) is 19.3. The Morgan fingerprint density at radius 3 is 2.55 bits per heavy atom. The molecule has 0 unspecified atom stereocenters. The SMILES string of the molecule is COc1cccc(-c2nn(Cc3cc4cccc(C)c4c(=O)n3-c3ncccc3C)c3ncnc(N)c23)c1. The average Bonchev–Trinajstić information content (AvgIpc) is 3.29. The van der Waals surface area contributed by atoms with Crippen LogP contribution < -0.4 is 16.0 Å². The number of benzene rings is 2. The van der Waals surface area contributed by atoms with Gasteiger partial charge in [0.25, 0.3) is 5.56 Å². The molecule has 38 heavy (non-hydrogen) atoms. The van der Waals surface area contributed by atoms with E-state index in [4.69, 9.17) is 15.6 Å². The van der Waals surface area contributed by atoms with E-state index in [-0.39, 0.29) is 12.1 Å². The number of pyridine rings is 2.